The van der Waals surface area contributed by atoms with Gasteiger partial charge in [-0.25, -0.2) is 4.79 Å². The molecule has 108 valence electrons. The maximum absolute atomic E-state index is 11.4. The topological polar surface area (TPSA) is 66.8 Å². The van der Waals surface area contributed by atoms with Gasteiger partial charge in [0.1, 0.15) is 6.29 Å². The van der Waals surface area contributed by atoms with Crippen molar-refractivity contribution in [3.8, 4) is 0 Å². The lowest BCUT2D eigenvalue weighted by atomic mass is 9.86. The second-order valence-corrected chi connectivity index (χ2v) is 5.21. The predicted octanol–water partition coefficient (Wildman–Crippen LogP) is 1.96. The minimum atomic E-state index is -0.966. The van der Waals surface area contributed by atoms with E-state index >= 15 is 0 Å². The van der Waals surface area contributed by atoms with Gasteiger partial charge in [-0.2, -0.15) is 0 Å². The molecule has 1 aromatic carbocycles. The Kier molecular flexibility index (Phi) is 4.39. The Morgan fingerprint density at radius 2 is 2.20 bits per heavy atom. The molecule has 2 rings (SSSR count). The van der Waals surface area contributed by atoms with Crippen LogP contribution in [-0.2, 0) is 16.0 Å². The summed E-state index contributed by atoms with van der Waals surface area (Å²) in [6.07, 6.45) is 0.557. The molecule has 5 nitrogen and oxygen atoms in total. The van der Waals surface area contributed by atoms with E-state index < -0.39 is 11.7 Å². The fourth-order valence-corrected chi connectivity index (χ4v) is 2.71. The summed E-state index contributed by atoms with van der Waals surface area (Å²) in [7, 11) is 0. The zero-order valence-electron chi connectivity index (χ0n) is 11.5. The molecule has 1 N–H and O–H groups in total. The number of ether oxygens (including phenoxy) is 1. The fourth-order valence-electron chi connectivity index (χ4n) is 2.71. The lowest BCUT2D eigenvalue weighted by molar-refractivity contribution is -0.140. The summed E-state index contributed by atoms with van der Waals surface area (Å²) < 4.78 is 5.73. The molecule has 1 aliphatic heterocycles. The third-order valence-electron chi connectivity index (χ3n) is 3.85. The molecule has 5 heteroatoms. The molecular formula is C15H19NO4. The van der Waals surface area contributed by atoms with E-state index in [0.717, 1.165) is 11.8 Å². The van der Waals surface area contributed by atoms with Crippen molar-refractivity contribution in [3.63, 3.8) is 0 Å². The number of carbonyl (C=O) groups excluding carboxylic acids is 1. The van der Waals surface area contributed by atoms with Crippen LogP contribution < -0.4 is 0 Å². The Morgan fingerprint density at radius 3 is 2.80 bits per heavy atom. The summed E-state index contributed by atoms with van der Waals surface area (Å²) in [4.78, 5) is 23.7. The number of hydrogen-bond acceptors (Lipinski definition) is 3. The summed E-state index contributed by atoms with van der Waals surface area (Å²) in [6, 6.07) is 9.30. The number of morpholine rings is 1. The summed E-state index contributed by atoms with van der Waals surface area (Å²) in [5.41, 5.74) is 0.264. The first-order valence-electron chi connectivity index (χ1n) is 6.68. The number of hydrogen-bond donors (Lipinski definition) is 1. The molecule has 0 spiro atoms. The minimum absolute atomic E-state index is 0.189. The van der Waals surface area contributed by atoms with Crippen molar-refractivity contribution in [1.29, 1.82) is 0 Å². The van der Waals surface area contributed by atoms with E-state index in [4.69, 9.17) is 4.74 Å². The Bertz CT molecular complexity index is 476. The van der Waals surface area contributed by atoms with Crippen LogP contribution >= 0.6 is 0 Å². The van der Waals surface area contributed by atoms with Gasteiger partial charge >= 0.3 is 6.09 Å². The van der Waals surface area contributed by atoms with Crippen LogP contribution in [-0.4, -0.2) is 47.2 Å². The van der Waals surface area contributed by atoms with E-state index in [1.807, 2.05) is 37.3 Å². The number of carboxylic acid groups (broad SMARTS) is 1. The van der Waals surface area contributed by atoms with Gasteiger partial charge in [0.15, 0.2) is 0 Å². The van der Waals surface area contributed by atoms with Gasteiger partial charge in [0.25, 0.3) is 0 Å². The van der Waals surface area contributed by atoms with E-state index in [9.17, 15) is 14.7 Å². The van der Waals surface area contributed by atoms with Crippen LogP contribution in [0.15, 0.2) is 30.3 Å². The Balaban J connectivity index is 2.28. The molecule has 2 unspecified atom stereocenters. The monoisotopic (exact) mass is 277 g/mol. The van der Waals surface area contributed by atoms with E-state index in [1.54, 1.807) is 0 Å². The maximum atomic E-state index is 11.4. The maximum Gasteiger partial charge on any atom is 0.407 e. The lowest BCUT2D eigenvalue weighted by Crippen LogP contribution is -2.60. The smallest absolute Gasteiger partial charge is 0.407 e. The van der Waals surface area contributed by atoms with Gasteiger partial charge in [-0.05, 0) is 18.9 Å². The Labute approximate surface area is 118 Å². The number of benzene rings is 1. The molecule has 1 heterocycles. The highest BCUT2D eigenvalue weighted by atomic mass is 16.5. The zero-order valence-corrected chi connectivity index (χ0v) is 11.5. The normalized spacial score (nSPS) is 26.2. The van der Waals surface area contributed by atoms with E-state index in [2.05, 4.69) is 0 Å². The van der Waals surface area contributed by atoms with Crippen LogP contribution in [0.5, 0.6) is 0 Å². The standard InChI is InChI=1S/C15H19NO4/c1-15(7-9-17)13(11-12-5-3-2-4-6-12)16(14(18)19)8-10-20-15/h2-6,9,13H,7-8,10-11H2,1H3,(H,18,19). The van der Waals surface area contributed by atoms with Crippen LogP contribution in [0.3, 0.4) is 0 Å². The Hall–Kier alpha value is -1.88. The predicted molar refractivity (Wildman–Crippen MR) is 73.7 cm³/mol. The second-order valence-electron chi connectivity index (χ2n) is 5.21. The zero-order chi connectivity index (χ0) is 14.6. The molecule has 1 fully saturated rings. The van der Waals surface area contributed by atoms with Crippen molar-refractivity contribution in [2.45, 2.75) is 31.4 Å². The number of amides is 1. The molecule has 0 aliphatic carbocycles. The van der Waals surface area contributed by atoms with Gasteiger partial charge in [-0.3, -0.25) is 4.90 Å². The first-order valence-corrected chi connectivity index (χ1v) is 6.68. The number of aldehydes is 1. The molecule has 0 bridgehead atoms. The molecule has 1 aromatic rings. The average Bonchev–Trinajstić information content (AvgIpc) is 2.42. The molecule has 2 atom stereocenters. The van der Waals surface area contributed by atoms with Crippen LogP contribution in [0.4, 0.5) is 4.79 Å². The first kappa shape index (κ1) is 14.5. The first-order chi connectivity index (χ1) is 9.57. The summed E-state index contributed by atoms with van der Waals surface area (Å²) in [5.74, 6) is 0. The van der Waals surface area contributed by atoms with Crippen molar-refractivity contribution in [2.75, 3.05) is 13.2 Å². The third kappa shape index (κ3) is 2.99. The van der Waals surface area contributed by atoms with Gasteiger partial charge in [0, 0.05) is 13.0 Å². The van der Waals surface area contributed by atoms with Gasteiger partial charge in [-0.1, -0.05) is 30.3 Å². The summed E-state index contributed by atoms with van der Waals surface area (Å²) in [6.45, 7) is 2.47. The van der Waals surface area contributed by atoms with Gasteiger partial charge < -0.3 is 14.6 Å². The van der Waals surface area contributed by atoms with Gasteiger partial charge in [0.05, 0.1) is 18.2 Å². The lowest BCUT2D eigenvalue weighted by Gasteiger charge is -2.46. The van der Waals surface area contributed by atoms with Crippen molar-refractivity contribution >= 4 is 12.4 Å². The van der Waals surface area contributed by atoms with Crippen LogP contribution in [0, 0.1) is 0 Å². The molecule has 20 heavy (non-hydrogen) atoms. The Morgan fingerprint density at radius 1 is 1.50 bits per heavy atom. The van der Waals surface area contributed by atoms with Crippen molar-refractivity contribution in [3.05, 3.63) is 35.9 Å². The highest BCUT2D eigenvalue weighted by Gasteiger charge is 2.44. The molecule has 1 amide bonds. The molecule has 1 aliphatic rings. The van der Waals surface area contributed by atoms with Crippen molar-refractivity contribution in [1.82, 2.24) is 4.90 Å². The number of rotatable bonds is 4. The van der Waals surface area contributed by atoms with E-state index in [1.165, 1.54) is 4.90 Å². The third-order valence-corrected chi connectivity index (χ3v) is 3.85. The van der Waals surface area contributed by atoms with Gasteiger partial charge in [0.2, 0.25) is 0 Å². The van der Waals surface area contributed by atoms with E-state index in [-0.39, 0.29) is 12.5 Å². The van der Waals surface area contributed by atoms with Crippen LogP contribution in [0.2, 0.25) is 0 Å². The number of nitrogens with zero attached hydrogens (tertiary/aromatic N) is 1. The van der Waals surface area contributed by atoms with Crippen molar-refractivity contribution in [2.24, 2.45) is 0 Å². The van der Waals surface area contributed by atoms with Crippen LogP contribution in [0.25, 0.3) is 0 Å². The molecule has 1 saturated heterocycles. The van der Waals surface area contributed by atoms with Crippen molar-refractivity contribution < 1.29 is 19.4 Å². The molecular weight excluding hydrogens is 258 g/mol. The minimum Gasteiger partial charge on any atom is -0.465 e. The SMILES string of the molecule is CC1(CC=O)OCCN(C(=O)O)C1Cc1ccccc1. The highest BCUT2D eigenvalue weighted by molar-refractivity contribution is 5.66. The second kappa shape index (κ2) is 6.05. The quantitative estimate of drug-likeness (QED) is 0.854. The summed E-state index contributed by atoms with van der Waals surface area (Å²) >= 11 is 0. The highest BCUT2D eigenvalue weighted by Crippen LogP contribution is 2.30. The molecule has 0 aromatic heterocycles. The molecule has 0 radical (unpaired) electrons. The average molecular weight is 277 g/mol. The fraction of sp³-hybridized carbons (Fsp3) is 0.467. The van der Waals surface area contributed by atoms with Crippen LogP contribution in [0.1, 0.15) is 18.9 Å². The van der Waals surface area contributed by atoms with E-state index in [0.29, 0.717) is 19.6 Å². The number of carbonyl (C=O) groups is 2. The summed E-state index contributed by atoms with van der Waals surface area (Å²) in [5, 5.41) is 9.37. The van der Waals surface area contributed by atoms with Gasteiger partial charge in [-0.15, -0.1) is 0 Å². The largest absolute Gasteiger partial charge is 0.465 e. The molecule has 0 saturated carbocycles.